The Balaban J connectivity index is 1.59. The summed E-state index contributed by atoms with van der Waals surface area (Å²) in [5.41, 5.74) is 3.87. The molecule has 3 rings (SSSR count). The first-order chi connectivity index (χ1) is 12.7. The molecule has 1 aromatic heterocycles. The van der Waals surface area contributed by atoms with E-state index in [4.69, 9.17) is 0 Å². The van der Waals surface area contributed by atoms with Crippen LogP contribution >= 0.6 is 0 Å². The third kappa shape index (κ3) is 5.41. The van der Waals surface area contributed by atoms with Crippen molar-refractivity contribution in [2.75, 3.05) is 44.7 Å². The van der Waals surface area contributed by atoms with Gasteiger partial charge in [-0.2, -0.15) is 0 Å². The third-order valence-electron chi connectivity index (χ3n) is 4.82. The number of nitrogens with zero attached hydrogens (tertiary/aromatic N) is 3. The van der Waals surface area contributed by atoms with Crippen LogP contribution in [0, 0.1) is 0 Å². The minimum Gasteiger partial charge on any atom is -0.355 e. The summed E-state index contributed by atoms with van der Waals surface area (Å²) in [6, 6.07) is 14.7. The molecule has 1 aliphatic rings. The van der Waals surface area contributed by atoms with Gasteiger partial charge in [0.15, 0.2) is 0 Å². The molecule has 0 unspecified atom stereocenters. The predicted molar refractivity (Wildman–Crippen MR) is 110 cm³/mol. The molecule has 0 spiro atoms. The van der Waals surface area contributed by atoms with Gasteiger partial charge in [0.2, 0.25) is 0 Å². The lowest BCUT2D eigenvalue weighted by molar-refractivity contribution is 0.360. The van der Waals surface area contributed by atoms with Crippen LogP contribution in [0.1, 0.15) is 24.5 Å². The fourth-order valence-corrected chi connectivity index (χ4v) is 3.39. The average Bonchev–Trinajstić information content (AvgIpc) is 2.87. The second kappa shape index (κ2) is 9.51. The molecule has 1 N–H and O–H groups in total. The lowest BCUT2D eigenvalue weighted by Gasteiger charge is -2.24. The van der Waals surface area contributed by atoms with Gasteiger partial charge in [0, 0.05) is 44.5 Å². The molecule has 0 aliphatic carbocycles. The molecule has 1 aliphatic heterocycles. The summed E-state index contributed by atoms with van der Waals surface area (Å²) in [4.78, 5) is 9.53. The van der Waals surface area contributed by atoms with Crippen LogP contribution in [0.4, 0.5) is 5.82 Å². The Morgan fingerprint density at radius 2 is 1.92 bits per heavy atom. The van der Waals surface area contributed by atoms with E-state index in [1.807, 2.05) is 12.3 Å². The molecule has 0 saturated carbocycles. The molecule has 2 heterocycles. The smallest absolute Gasteiger partial charge is 0.133 e. The molecule has 0 atom stereocenters. The van der Waals surface area contributed by atoms with Crippen LogP contribution in [0.15, 0.2) is 54.2 Å². The number of anilines is 1. The molecular weight excluding hydrogens is 320 g/mol. The van der Waals surface area contributed by atoms with Crippen molar-refractivity contribution in [2.45, 2.75) is 19.9 Å². The minimum atomic E-state index is 0.843. The van der Waals surface area contributed by atoms with Gasteiger partial charge in [0.05, 0.1) is 0 Å². The molecule has 26 heavy (non-hydrogen) atoms. The van der Waals surface area contributed by atoms with Crippen molar-refractivity contribution in [2.24, 2.45) is 0 Å². The van der Waals surface area contributed by atoms with Gasteiger partial charge in [-0.25, -0.2) is 4.98 Å². The van der Waals surface area contributed by atoms with Crippen molar-refractivity contribution in [1.82, 2.24) is 15.2 Å². The molecular formula is C22H30N4. The first kappa shape index (κ1) is 18.6. The van der Waals surface area contributed by atoms with Crippen molar-refractivity contribution in [3.63, 3.8) is 0 Å². The summed E-state index contributed by atoms with van der Waals surface area (Å²) in [5.74, 6) is 1.14. The van der Waals surface area contributed by atoms with Crippen LogP contribution < -0.4 is 10.2 Å². The van der Waals surface area contributed by atoms with Crippen LogP contribution in [0.3, 0.4) is 0 Å². The topological polar surface area (TPSA) is 31.4 Å². The largest absolute Gasteiger partial charge is 0.355 e. The van der Waals surface area contributed by atoms with Crippen LogP contribution in [0.25, 0.3) is 6.08 Å². The lowest BCUT2D eigenvalue weighted by Crippen LogP contribution is -2.30. The molecule has 0 amide bonds. The van der Waals surface area contributed by atoms with Crippen molar-refractivity contribution in [3.05, 3.63) is 65.4 Å². The molecule has 4 heteroatoms. The van der Waals surface area contributed by atoms with Crippen LogP contribution in [0.2, 0.25) is 0 Å². The number of rotatable bonds is 6. The Morgan fingerprint density at radius 1 is 1.08 bits per heavy atom. The van der Waals surface area contributed by atoms with Gasteiger partial charge in [-0.3, -0.25) is 0 Å². The van der Waals surface area contributed by atoms with E-state index < -0.39 is 0 Å². The van der Waals surface area contributed by atoms with E-state index in [0.717, 1.165) is 38.5 Å². The first-order valence-corrected chi connectivity index (χ1v) is 9.53. The lowest BCUT2D eigenvalue weighted by atomic mass is 10.1. The molecule has 1 fully saturated rings. The van der Waals surface area contributed by atoms with Gasteiger partial charge in [0.1, 0.15) is 5.82 Å². The van der Waals surface area contributed by atoms with Gasteiger partial charge in [-0.05, 0) is 38.6 Å². The summed E-state index contributed by atoms with van der Waals surface area (Å²) in [5, 5.41) is 3.58. The zero-order chi connectivity index (χ0) is 18.2. The molecule has 0 radical (unpaired) electrons. The van der Waals surface area contributed by atoms with Gasteiger partial charge in [0.25, 0.3) is 0 Å². The summed E-state index contributed by atoms with van der Waals surface area (Å²) in [6.45, 7) is 8.30. The molecule has 4 nitrogen and oxygen atoms in total. The van der Waals surface area contributed by atoms with E-state index in [9.17, 15) is 0 Å². The second-order valence-electron chi connectivity index (χ2n) is 7.13. The maximum atomic E-state index is 4.69. The number of benzene rings is 1. The Morgan fingerprint density at radius 3 is 2.77 bits per heavy atom. The van der Waals surface area contributed by atoms with Crippen LogP contribution in [-0.4, -0.2) is 49.7 Å². The average molecular weight is 351 g/mol. The fourth-order valence-electron chi connectivity index (χ4n) is 3.39. The van der Waals surface area contributed by atoms with E-state index >= 15 is 0 Å². The quantitative estimate of drug-likeness (QED) is 0.865. The number of pyridine rings is 1. The minimum absolute atomic E-state index is 0.843. The van der Waals surface area contributed by atoms with E-state index in [2.05, 4.69) is 76.5 Å². The summed E-state index contributed by atoms with van der Waals surface area (Å²) in [7, 11) is 2.20. The predicted octanol–water partition coefficient (Wildman–Crippen LogP) is 3.42. The fraction of sp³-hybridized carbons (Fsp3) is 0.409. The van der Waals surface area contributed by atoms with E-state index in [-0.39, 0.29) is 0 Å². The zero-order valence-corrected chi connectivity index (χ0v) is 16.0. The molecule has 138 valence electrons. The molecule has 1 aromatic carbocycles. The number of aromatic nitrogens is 1. The highest BCUT2D eigenvalue weighted by Crippen LogP contribution is 2.19. The maximum absolute atomic E-state index is 4.69. The van der Waals surface area contributed by atoms with Gasteiger partial charge in [-0.15, -0.1) is 0 Å². The van der Waals surface area contributed by atoms with E-state index in [1.165, 1.54) is 29.7 Å². The highest BCUT2D eigenvalue weighted by molar-refractivity contribution is 5.52. The molecule has 2 aromatic rings. The van der Waals surface area contributed by atoms with Gasteiger partial charge >= 0.3 is 0 Å². The zero-order valence-electron chi connectivity index (χ0n) is 16.0. The molecule has 1 saturated heterocycles. The van der Waals surface area contributed by atoms with Crippen LogP contribution in [0.5, 0.6) is 0 Å². The summed E-state index contributed by atoms with van der Waals surface area (Å²) < 4.78 is 0. The Labute approximate surface area is 157 Å². The SMILES string of the molecule is CC(=Cc1ccccc1)CNCc1cccnc1N1CCCN(C)CC1. The number of hydrogen-bond acceptors (Lipinski definition) is 4. The second-order valence-corrected chi connectivity index (χ2v) is 7.13. The molecule has 0 bridgehead atoms. The van der Waals surface area contributed by atoms with Crippen LogP contribution in [-0.2, 0) is 6.54 Å². The summed E-state index contributed by atoms with van der Waals surface area (Å²) >= 11 is 0. The number of nitrogens with one attached hydrogen (secondary N) is 1. The number of likely N-dealkylation sites (N-methyl/N-ethyl adjacent to an activating group) is 1. The first-order valence-electron chi connectivity index (χ1n) is 9.53. The highest BCUT2D eigenvalue weighted by Gasteiger charge is 2.16. The van der Waals surface area contributed by atoms with E-state index in [1.54, 1.807) is 0 Å². The third-order valence-corrected chi connectivity index (χ3v) is 4.82. The summed E-state index contributed by atoms with van der Waals surface area (Å²) in [6.07, 6.45) is 5.34. The normalized spacial score (nSPS) is 16.5. The van der Waals surface area contributed by atoms with Gasteiger partial charge in [-0.1, -0.05) is 48.0 Å². The Kier molecular flexibility index (Phi) is 6.81. The van der Waals surface area contributed by atoms with Gasteiger partial charge < -0.3 is 15.1 Å². The number of hydrogen-bond donors (Lipinski definition) is 1. The highest BCUT2D eigenvalue weighted by atomic mass is 15.2. The standard InChI is InChI=1S/C22H30N4/c1-19(16-20-8-4-3-5-9-20)17-23-18-21-10-6-11-24-22(21)26-13-7-12-25(2)14-15-26/h3-6,8-11,16,23H,7,12-15,17-18H2,1-2H3. The Hall–Kier alpha value is -2.17. The van der Waals surface area contributed by atoms with E-state index in [0.29, 0.717) is 0 Å². The van der Waals surface area contributed by atoms with Crippen molar-refractivity contribution in [1.29, 1.82) is 0 Å². The maximum Gasteiger partial charge on any atom is 0.133 e. The van der Waals surface area contributed by atoms with Crippen molar-refractivity contribution >= 4 is 11.9 Å². The van der Waals surface area contributed by atoms with Crippen molar-refractivity contribution in [3.8, 4) is 0 Å². The van der Waals surface area contributed by atoms with Crippen molar-refractivity contribution < 1.29 is 0 Å². The monoisotopic (exact) mass is 350 g/mol. The Bertz CT molecular complexity index is 711.